The first kappa shape index (κ1) is 9.88. The van der Waals surface area contributed by atoms with Gasteiger partial charge >= 0.3 is 0 Å². The first-order chi connectivity index (χ1) is 5.35. The summed E-state index contributed by atoms with van der Waals surface area (Å²) in [5.41, 5.74) is 0. The standard InChI is InChI=1S/C9H8OS/c1-3-4-5-6-7-9(8-10)11-2/h7-8H,1-2H3/b9-7+. The van der Waals surface area contributed by atoms with Crippen LogP contribution in [0.4, 0.5) is 0 Å². The van der Waals surface area contributed by atoms with Crippen LogP contribution in [0.1, 0.15) is 6.92 Å². The third kappa shape index (κ3) is 5.33. The summed E-state index contributed by atoms with van der Waals surface area (Å²) >= 11 is 1.37. The molecule has 0 fully saturated rings. The van der Waals surface area contributed by atoms with E-state index >= 15 is 0 Å². The molecule has 0 bridgehead atoms. The number of hydrogen-bond donors (Lipinski definition) is 0. The lowest BCUT2D eigenvalue weighted by Gasteiger charge is -1.83. The van der Waals surface area contributed by atoms with E-state index in [9.17, 15) is 4.79 Å². The third-order valence-corrected chi connectivity index (χ3v) is 1.51. The number of aldehydes is 1. The molecular weight excluding hydrogens is 156 g/mol. The van der Waals surface area contributed by atoms with Crippen LogP contribution in [0.15, 0.2) is 11.0 Å². The molecule has 0 atom stereocenters. The van der Waals surface area contributed by atoms with Crippen molar-refractivity contribution in [2.75, 3.05) is 6.26 Å². The van der Waals surface area contributed by atoms with E-state index in [2.05, 4.69) is 23.7 Å². The van der Waals surface area contributed by atoms with Crippen molar-refractivity contribution in [1.29, 1.82) is 0 Å². The summed E-state index contributed by atoms with van der Waals surface area (Å²) in [7, 11) is 0. The quantitative estimate of drug-likeness (QED) is 0.349. The lowest BCUT2D eigenvalue weighted by molar-refractivity contribution is -0.104. The van der Waals surface area contributed by atoms with Gasteiger partial charge in [0.1, 0.15) is 0 Å². The van der Waals surface area contributed by atoms with E-state index in [4.69, 9.17) is 0 Å². The summed E-state index contributed by atoms with van der Waals surface area (Å²) in [6.07, 6.45) is 4.16. The van der Waals surface area contributed by atoms with Crippen LogP contribution in [-0.2, 0) is 4.79 Å². The van der Waals surface area contributed by atoms with Crippen LogP contribution >= 0.6 is 11.8 Å². The predicted molar refractivity (Wildman–Crippen MR) is 48.9 cm³/mol. The Labute approximate surface area is 71.3 Å². The number of carbonyl (C=O) groups excluding carboxylic acids is 1. The molecule has 56 valence electrons. The molecule has 0 saturated carbocycles. The predicted octanol–water partition coefficient (Wildman–Crippen LogP) is 1.46. The topological polar surface area (TPSA) is 17.1 Å². The van der Waals surface area contributed by atoms with Gasteiger partial charge < -0.3 is 0 Å². The van der Waals surface area contributed by atoms with E-state index < -0.39 is 0 Å². The van der Waals surface area contributed by atoms with E-state index in [1.165, 1.54) is 11.8 Å². The maximum Gasteiger partial charge on any atom is 0.157 e. The van der Waals surface area contributed by atoms with Crippen molar-refractivity contribution in [2.45, 2.75) is 6.92 Å². The third-order valence-electron chi connectivity index (χ3n) is 0.826. The van der Waals surface area contributed by atoms with Crippen LogP contribution in [0.3, 0.4) is 0 Å². The fraction of sp³-hybridized carbons (Fsp3) is 0.222. The Morgan fingerprint density at radius 2 is 2.18 bits per heavy atom. The van der Waals surface area contributed by atoms with Crippen LogP contribution in [0.5, 0.6) is 0 Å². The van der Waals surface area contributed by atoms with Gasteiger partial charge in [-0.2, -0.15) is 0 Å². The maximum absolute atomic E-state index is 10.2. The molecule has 0 rings (SSSR count). The Hall–Kier alpha value is -1.12. The number of allylic oxidation sites excluding steroid dienone is 2. The molecule has 0 aliphatic heterocycles. The Balaban J connectivity index is 4.18. The minimum absolute atomic E-state index is 0.621. The van der Waals surface area contributed by atoms with Crippen molar-refractivity contribution < 1.29 is 4.79 Å². The van der Waals surface area contributed by atoms with Gasteiger partial charge in [-0.05, 0) is 25.0 Å². The highest BCUT2D eigenvalue weighted by molar-refractivity contribution is 8.03. The van der Waals surface area contributed by atoms with Crippen molar-refractivity contribution in [2.24, 2.45) is 0 Å². The first-order valence-electron chi connectivity index (χ1n) is 2.96. The number of thioether (sulfide) groups is 1. The molecule has 0 aromatic carbocycles. The second kappa shape index (κ2) is 6.99. The lowest BCUT2D eigenvalue weighted by Crippen LogP contribution is -1.73. The normalized spacial score (nSPS) is 8.73. The molecule has 0 saturated heterocycles. The van der Waals surface area contributed by atoms with E-state index in [1.807, 2.05) is 6.26 Å². The Kier molecular flexibility index (Phi) is 6.28. The van der Waals surface area contributed by atoms with Crippen LogP contribution in [-0.4, -0.2) is 12.5 Å². The van der Waals surface area contributed by atoms with Crippen molar-refractivity contribution in [3.8, 4) is 23.7 Å². The average molecular weight is 164 g/mol. The second-order valence-corrected chi connectivity index (χ2v) is 2.39. The summed E-state index contributed by atoms with van der Waals surface area (Å²) in [5, 5.41) is 0. The SMILES string of the molecule is CC#CC#C/C=C(\C=O)SC. The monoisotopic (exact) mass is 164 g/mol. The van der Waals surface area contributed by atoms with E-state index in [0.29, 0.717) is 4.91 Å². The van der Waals surface area contributed by atoms with Gasteiger partial charge in [0.25, 0.3) is 0 Å². The minimum atomic E-state index is 0.621. The largest absolute Gasteiger partial charge is 0.297 e. The molecule has 0 unspecified atom stereocenters. The summed E-state index contributed by atoms with van der Waals surface area (Å²) in [6.45, 7) is 1.72. The first-order valence-corrected chi connectivity index (χ1v) is 4.19. The van der Waals surface area contributed by atoms with Crippen molar-refractivity contribution >= 4 is 18.0 Å². The van der Waals surface area contributed by atoms with Crippen molar-refractivity contribution in [3.63, 3.8) is 0 Å². The van der Waals surface area contributed by atoms with Crippen LogP contribution in [0.25, 0.3) is 0 Å². The van der Waals surface area contributed by atoms with Crippen LogP contribution in [0.2, 0.25) is 0 Å². The van der Waals surface area contributed by atoms with Gasteiger partial charge in [0.15, 0.2) is 6.29 Å². The molecule has 11 heavy (non-hydrogen) atoms. The second-order valence-electron chi connectivity index (χ2n) is 1.51. The van der Waals surface area contributed by atoms with Gasteiger partial charge in [0.2, 0.25) is 0 Å². The summed E-state index contributed by atoms with van der Waals surface area (Å²) < 4.78 is 0. The number of hydrogen-bond acceptors (Lipinski definition) is 2. The van der Waals surface area contributed by atoms with Gasteiger partial charge in [0, 0.05) is 6.08 Å². The minimum Gasteiger partial charge on any atom is -0.297 e. The smallest absolute Gasteiger partial charge is 0.157 e. The van der Waals surface area contributed by atoms with Crippen molar-refractivity contribution in [3.05, 3.63) is 11.0 Å². The fourth-order valence-electron chi connectivity index (χ4n) is 0.347. The Bertz CT molecular complexity index is 267. The van der Waals surface area contributed by atoms with Crippen molar-refractivity contribution in [1.82, 2.24) is 0 Å². The zero-order chi connectivity index (χ0) is 8.53. The van der Waals surface area contributed by atoms with Crippen LogP contribution in [0, 0.1) is 23.7 Å². The molecule has 0 N–H and O–H groups in total. The molecule has 0 spiro atoms. The zero-order valence-corrected chi connectivity index (χ0v) is 7.29. The molecule has 0 heterocycles. The van der Waals surface area contributed by atoms with Gasteiger partial charge in [-0.1, -0.05) is 11.8 Å². The maximum atomic E-state index is 10.2. The molecule has 0 radical (unpaired) electrons. The van der Waals surface area contributed by atoms with E-state index in [1.54, 1.807) is 13.0 Å². The molecule has 2 heteroatoms. The number of rotatable bonds is 2. The summed E-state index contributed by atoms with van der Waals surface area (Å²) in [5.74, 6) is 10.4. The zero-order valence-electron chi connectivity index (χ0n) is 6.47. The molecule has 0 aromatic rings. The number of carbonyl (C=O) groups is 1. The fourth-order valence-corrected chi connectivity index (χ4v) is 0.620. The van der Waals surface area contributed by atoms with Gasteiger partial charge in [-0.25, -0.2) is 0 Å². The lowest BCUT2D eigenvalue weighted by atomic mass is 10.5. The molecule has 0 aliphatic rings. The molecule has 1 nitrogen and oxygen atoms in total. The van der Waals surface area contributed by atoms with Gasteiger partial charge in [-0.15, -0.1) is 11.8 Å². The summed E-state index contributed by atoms with van der Waals surface area (Å²) in [4.78, 5) is 10.8. The molecule has 0 aliphatic carbocycles. The highest BCUT2D eigenvalue weighted by Gasteiger charge is 1.85. The average Bonchev–Trinajstić information content (AvgIpc) is 2.05. The Morgan fingerprint density at radius 3 is 2.64 bits per heavy atom. The highest BCUT2D eigenvalue weighted by Crippen LogP contribution is 2.05. The molecule has 0 aromatic heterocycles. The van der Waals surface area contributed by atoms with Gasteiger partial charge in [-0.3, -0.25) is 4.79 Å². The van der Waals surface area contributed by atoms with Crippen LogP contribution < -0.4 is 0 Å². The Morgan fingerprint density at radius 1 is 1.45 bits per heavy atom. The molecular formula is C9H8OS. The van der Waals surface area contributed by atoms with E-state index in [-0.39, 0.29) is 0 Å². The highest BCUT2D eigenvalue weighted by atomic mass is 32.2. The summed E-state index contributed by atoms with van der Waals surface area (Å²) in [6, 6.07) is 0. The van der Waals surface area contributed by atoms with Gasteiger partial charge in [0.05, 0.1) is 4.91 Å². The van der Waals surface area contributed by atoms with E-state index in [0.717, 1.165) is 6.29 Å². The molecule has 0 amide bonds.